The number of aliphatic carboxylic acids is 1. The van der Waals surface area contributed by atoms with Crippen LogP contribution in [0.25, 0.3) is 11.1 Å². The maximum absolute atomic E-state index is 10.7. The molecule has 0 radical (unpaired) electrons. The van der Waals surface area contributed by atoms with Crippen LogP contribution < -0.4 is 0 Å². The summed E-state index contributed by atoms with van der Waals surface area (Å²) < 4.78 is 5.12. The Bertz CT molecular complexity index is 533. The van der Waals surface area contributed by atoms with Crippen molar-refractivity contribution in [2.45, 2.75) is 12.7 Å². The molecule has 6 heteroatoms. The van der Waals surface area contributed by atoms with Gasteiger partial charge in [0.25, 0.3) is 0 Å². The van der Waals surface area contributed by atoms with Crippen LogP contribution in [0.15, 0.2) is 22.6 Å². The van der Waals surface area contributed by atoms with E-state index in [2.05, 4.69) is 4.98 Å². The van der Waals surface area contributed by atoms with Gasteiger partial charge in [-0.2, -0.15) is 0 Å². The molecule has 0 aliphatic rings. The van der Waals surface area contributed by atoms with Gasteiger partial charge < -0.3 is 19.7 Å². The van der Waals surface area contributed by atoms with Crippen LogP contribution >= 0.6 is 0 Å². The zero-order chi connectivity index (χ0) is 11.7. The van der Waals surface area contributed by atoms with Gasteiger partial charge in [-0.1, -0.05) is 12.1 Å². The Morgan fingerprint density at radius 2 is 2.25 bits per heavy atom. The monoisotopic (exact) mass is 223 g/mol. The van der Waals surface area contributed by atoms with Crippen LogP contribution in [-0.2, 0) is 11.4 Å². The Labute approximate surface area is 89.8 Å². The molecule has 0 fully saturated rings. The third-order valence-electron chi connectivity index (χ3n) is 2.16. The highest BCUT2D eigenvalue weighted by molar-refractivity contribution is 5.84. The summed E-state index contributed by atoms with van der Waals surface area (Å²) in [5, 5.41) is 27.0. The summed E-state index contributed by atoms with van der Waals surface area (Å²) in [6, 6.07) is 4.58. The lowest BCUT2D eigenvalue weighted by Gasteiger charge is -2.04. The van der Waals surface area contributed by atoms with E-state index < -0.39 is 12.1 Å². The van der Waals surface area contributed by atoms with Crippen molar-refractivity contribution in [2.24, 2.45) is 0 Å². The number of oxazole rings is 1. The number of fused-ring (bicyclic) bond motifs is 1. The Hall–Kier alpha value is -1.92. The second-order valence-electron chi connectivity index (χ2n) is 3.20. The van der Waals surface area contributed by atoms with E-state index in [0.29, 0.717) is 5.58 Å². The molecule has 0 saturated carbocycles. The molecule has 1 heterocycles. The first-order chi connectivity index (χ1) is 7.63. The van der Waals surface area contributed by atoms with E-state index in [9.17, 15) is 9.90 Å². The number of benzene rings is 1. The van der Waals surface area contributed by atoms with Crippen LogP contribution in [-0.4, -0.2) is 26.3 Å². The number of carboxylic acids is 1. The number of aliphatic hydroxyl groups is 2. The minimum atomic E-state index is -1.65. The number of para-hydroxylation sites is 1. The number of nitrogens with zero attached hydrogens (tertiary/aromatic N) is 1. The highest BCUT2D eigenvalue weighted by Gasteiger charge is 2.21. The lowest BCUT2D eigenvalue weighted by atomic mass is 10.1. The molecule has 3 N–H and O–H groups in total. The molecule has 0 aliphatic heterocycles. The summed E-state index contributed by atoms with van der Waals surface area (Å²) in [5.74, 6) is -1.28. The van der Waals surface area contributed by atoms with E-state index in [1.165, 1.54) is 6.07 Å². The molecule has 6 nitrogen and oxygen atoms in total. The number of aromatic nitrogens is 1. The largest absolute Gasteiger partial charge is 0.479 e. The normalized spacial score (nSPS) is 12.9. The smallest absolute Gasteiger partial charge is 0.337 e. The summed E-state index contributed by atoms with van der Waals surface area (Å²) in [7, 11) is 0. The van der Waals surface area contributed by atoms with E-state index in [4.69, 9.17) is 14.6 Å². The Balaban J connectivity index is 2.60. The standard InChI is InChI=1S/C10H9NO5/c12-4-7-11-8-5(9(13)10(14)15)2-1-3-6(8)16-7/h1-3,9,12-13H,4H2,(H,14,15). The van der Waals surface area contributed by atoms with E-state index in [0.717, 1.165) is 0 Å². The first-order valence-electron chi connectivity index (χ1n) is 4.53. The van der Waals surface area contributed by atoms with Crippen LogP contribution in [0.1, 0.15) is 17.6 Å². The molecule has 0 spiro atoms. The van der Waals surface area contributed by atoms with Crippen molar-refractivity contribution in [2.75, 3.05) is 0 Å². The third-order valence-corrected chi connectivity index (χ3v) is 2.16. The Morgan fingerprint density at radius 1 is 1.50 bits per heavy atom. The zero-order valence-corrected chi connectivity index (χ0v) is 8.12. The fourth-order valence-corrected chi connectivity index (χ4v) is 1.44. The summed E-state index contributed by atoms with van der Waals surface area (Å²) in [6.45, 7) is -0.378. The first kappa shape index (κ1) is 10.6. The molecule has 1 unspecified atom stereocenters. The molecule has 1 aromatic carbocycles. The Kier molecular flexibility index (Phi) is 2.59. The number of carboxylic acid groups (broad SMARTS) is 1. The molecule has 2 aromatic rings. The highest BCUT2D eigenvalue weighted by Crippen LogP contribution is 2.24. The summed E-state index contributed by atoms with van der Waals surface area (Å²) >= 11 is 0. The second-order valence-corrected chi connectivity index (χ2v) is 3.20. The Morgan fingerprint density at radius 3 is 2.88 bits per heavy atom. The quantitative estimate of drug-likeness (QED) is 0.697. The number of carbonyl (C=O) groups is 1. The van der Waals surface area contributed by atoms with E-state index in [1.807, 2.05) is 0 Å². The number of rotatable bonds is 3. The molecule has 0 aliphatic carbocycles. The van der Waals surface area contributed by atoms with Gasteiger partial charge in [0.1, 0.15) is 12.1 Å². The minimum Gasteiger partial charge on any atom is -0.479 e. The fraction of sp³-hybridized carbons (Fsp3) is 0.200. The molecular formula is C10H9NO5. The molecule has 84 valence electrons. The highest BCUT2D eigenvalue weighted by atomic mass is 16.4. The average molecular weight is 223 g/mol. The molecule has 1 aromatic heterocycles. The van der Waals surface area contributed by atoms with Gasteiger partial charge in [0, 0.05) is 5.56 Å². The van der Waals surface area contributed by atoms with Gasteiger partial charge in [0.15, 0.2) is 11.7 Å². The molecular weight excluding hydrogens is 214 g/mol. The van der Waals surface area contributed by atoms with Crippen molar-refractivity contribution in [1.29, 1.82) is 0 Å². The maximum Gasteiger partial charge on any atom is 0.337 e. The van der Waals surface area contributed by atoms with Crippen LogP contribution in [0.4, 0.5) is 0 Å². The fourth-order valence-electron chi connectivity index (χ4n) is 1.44. The van der Waals surface area contributed by atoms with Gasteiger partial charge in [0.05, 0.1) is 0 Å². The SMILES string of the molecule is O=C(O)C(O)c1cccc2oc(CO)nc12. The average Bonchev–Trinajstić information content (AvgIpc) is 2.70. The number of aliphatic hydroxyl groups excluding tert-OH is 2. The van der Waals surface area contributed by atoms with Crippen molar-refractivity contribution in [1.82, 2.24) is 4.98 Å². The van der Waals surface area contributed by atoms with Crippen molar-refractivity contribution in [3.05, 3.63) is 29.7 Å². The van der Waals surface area contributed by atoms with Gasteiger partial charge in [-0.05, 0) is 6.07 Å². The van der Waals surface area contributed by atoms with E-state index in [-0.39, 0.29) is 23.6 Å². The van der Waals surface area contributed by atoms with Gasteiger partial charge in [-0.3, -0.25) is 0 Å². The van der Waals surface area contributed by atoms with Crippen molar-refractivity contribution >= 4 is 17.1 Å². The summed E-state index contributed by atoms with van der Waals surface area (Å²) in [6.07, 6.45) is -1.65. The zero-order valence-electron chi connectivity index (χ0n) is 8.12. The van der Waals surface area contributed by atoms with Gasteiger partial charge in [-0.15, -0.1) is 0 Å². The van der Waals surface area contributed by atoms with Gasteiger partial charge >= 0.3 is 5.97 Å². The van der Waals surface area contributed by atoms with E-state index >= 15 is 0 Å². The van der Waals surface area contributed by atoms with E-state index in [1.54, 1.807) is 12.1 Å². The molecule has 1 atom stereocenters. The lowest BCUT2D eigenvalue weighted by Crippen LogP contribution is -2.10. The van der Waals surface area contributed by atoms with Crippen molar-refractivity contribution < 1.29 is 24.5 Å². The molecule has 0 bridgehead atoms. The maximum atomic E-state index is 10.7. The van der Waals surface area contributed by atoms with Crippen molar-refractivity contribution in [3.8, 4) is 0 Å². The predicted octanol–water partition coefficient (Wildman–Crippen LogP) is 0.438. The van der Waals surface area contributed by atoms with Crippen LogP contribution in [0.3, 0.4) is 0 Å². The molecule has 16 heavy (non-hydrogen) atoms. The van der Waals surface area contributed by atoms with Gasteiger partial charge in [-0.25, -0.2) is 9.78 Å². The van der Waals surface area contributed by atoms with Crippen LogP contribution in [0.5, 0.6) is 0 Å². The van der Waals surface area contributed by atoms with Crippen LogP contribution in [0.2, 0.25) is 0 Å². The topological polar surface area (TPSA) is 104 Å². The number of hydrogen-bond donors (Lipinski definition) is 3. The van der Waals surface area contributed by atoms with Crippen LogP contribution in [0, 0.1) is 0 Å². The third kappa shape index (κ3) is 1.64. The van der Waals surface area contributed by atoms with Crippen molar-refractivity contribution in [3.63, 3.8) is 0 Å². The summed E-state index contributed by atoms with van der Waals surface area (Å²) in [4.78, 5) is 14.6. The molecule has 0 saturated heterocycles. The second kappa shape index (κ2) is 3.92. The predicted molar refractivity (Wildman–Crippen MR) is 52.5 cm³/mol. The first-order valence-corrected chi connectivity index (χ1v) is 4.53. The molecule has 2 rings (SSSR count). The minimum absolute atomic E-state index is 0.0834. The number of hydrogen-bond acceptors (Lipinski definition) is 5. The summed E-state index contributed by atoms with van der Waals surface area (Å²) in [5.41, 5.74) is 0.733. The lowest BCUT2D eigenvalue weighted by molar-refractivity contribution is -0.146. The molecule has 0 amide bonds. The van der Waals surface area contributed by atoms with Gasteiger partial charge in [0.2, 0.25) is 5.89 Å².